The summed E-state index contributed by atoms with van der Waals surface area (Å²) in [6, 6.07) is 19.3. The van der Waals surface area contributed by atoms with Gasteiger partial charge in [-0.25, -0.2) is 17.4 Å². The Balaban J connectivity index is 1.65. The molecule has 0 radical (unpaired) electrons. The molecule has 8 heteroatoms. The molecule has 0 spiro atoms. The van der Waals surface area contributed by atoms with Gasteiger partial charge < -0.3 is 0 Å². The molecule has 2 aromatic heterocycles. The Morgan fingerprint density at radius 1 is 0.939 bits per heavy atom. The average Bonchev–Trinajstić information content (AvgIpc) is 3.28. The van der Waals surface area contributed by atoms with Gasteiger partial charge in [0, 0.05) is 49.4 Å². The molecule has 0 unspecified atom stereocenters. The van der Waals surface area contributed by atoms with Crippen molar-refractivity contribution in [2.24, 2.45) is 0 Å². The van der Waals surface area contributed by atoms with Gasteiger partial charge in [0.15, 0.2) is 5.78 Å². The fourth-order valence-electron chi connectivity index (χ4n) is 3.22. The van der Waals surface area contributed by atoms with Crippen LogP contribution in [0, 0.1) is 0 Å². The van der Waals surface area contributed by atoms with Crippen molar-refractivity contribution in [2.45, 2.75) is 4.90 Å². The Morgan fingerprint density at radius 2 is 1.61 bits per heavy atom. The summed E-state index contributed by atoms with van der Waals surface area (Å²) in [5, 5.41) is 4.71. The Kier molecular flexibility index (Phi) is 6.30. The van der Waals surface area contributed by atoms with Gasteiger partial charge in [-0.2, -0.15) is 5.10 Å². The first-order chi connectivity index (χ1) is 15.9. The number of nitrogens with zero attached hydrogens (tertiary/aromatic N) is 4. The number of ketones is 1. The van der Waals surface area contributed by atoms with Crippen molar-refractivity contribution in [3.63, 3.8) is 0 Å². The van der Waals surface area contributed by atoms with E-state index >= 15 is 0 Å². The third-order valence-corrected chi connectivity index (χ3v) is 6.88. The second kappa shape index (κ2) is 9.32. The van der Waals surface area contributed by atoms with Gasteiger partial charge in [-0.3, -0.25) is 9.78 Å². The third-order valence-electron chi connectivity index (χ3n) is 5.05. The second-order valence-electron chi connectivity index (χ2n) is 7.46. The standard InChI is InChI=1S/C25H22N4O3S/c1-28(2)33(31,32)23-11-8-19(9-12-23)24(30)13-10-21-18-29(22-6-4-3-5-7-22)27-25(21)20-14-16-26-17-15-20/h3-18H,1-2H3/b13-10+. The molecule has 0 saturated heterocycles. The molecule has 0 fully saturated rings. The highest BCUT2D eigenvalue weighted by Crippen LogP contribution is 2.24. The molecule has 0 aliphatic carbocycles. The Hall–Kier alpha value is -3.88. The van der Waals surface area contributed by atoms with Crippen LogP contribution in [0.5, 0.6) is 0 Å². The van der Waals surface area contributed by atoms with E-state index in [1.165, 1.54) is 44.4 Å². The molecule has 4 rings (SSSR count). The molecule has 0 aliphatic rings. The SMILES string of the molecule is CN(C)S(=O)(=O)c1ccc(C(=O)/C=C/c2cn(-c3ccccc3)nc2-c2ccncc2)cc1. The molecule has 33 heavy (non-hydrogen) atoms. The number of para-hydroxylation sites is 1. The molecule has 0 atom stereocenters. The summed E-state index contributed by atoms with van der Waals surface area (Å²) in [6.07, 6.45) is 8.43. The molecule has 7 nitrogen and oxygen atoms in total. The van der Waals surface area contributed by atoms with E-state index in [0.29, 0.717) is 5.56 Å². The van der Waals surface area contributed by atoms with E-state index in [0.717, 1.165) is 26.8 Å². The lowest BCUT2D eigenvalue weighted by Crippen LogP contribution is -2.22. The molecule has 2 aromatic carbocycles. The minimum atomic E-state index is -3.55. The monoisotopic (exact) mass is 458 g/mol. The zero-order valence-electron chi connectivity index (χ0n) is 18.2. The van der Waals surface area contributed by atoms with Crippen LogP contribution >= 0.6 is 0 Å². The number of sulfonamides is 1. The number of hydrogen-bond donors (Lipinski definition) is 0. The number of carbonyl (C=O) groups excluding carboxylic acids is 1. The van der Waals surface area contributed by atoms with Crippen molar-refractivity contribution >= 4 is 21.9 Å². The van der Waals surface area contributed by atoms with Crippen molar-refractivity contribution in [3.05, 3.63) is 103 Å². The first-order valence-corrected chi connectivity index (χ1v) is 11.6. The number of allylic oxidation sites excluding steroid dienone is 1. The molecule has 166 valence electrons. The lowest BCUT2D eigenvalue weighted by Gasteiger charge is -2.11. The number of benzene rings is 2. The first kappa shape index (κ1) is 22.3. The maximum atomic E-state index is 12.8. The van der Waals surface area contributed by atoms with Crippen molar-refractivity contribution in [1.82, 2.24) is 19.1 Å². The minimum Gasteiger partial charge on any atom is -0.289 e. The fraction of sp³-hybridized carbons (Fsp3) is 0.0800. The van der Waals surface area contributed by atoms with Gasteiger partial charge >= 0.3 is 0 Å². The predicted molar refractivity (Wildman–Crippen MR) is 127 cm³/mol. The smallest absolute Gasteiger partial charge is 0.242 e. The van der Waals surface area contributed by atoms with Gasteiger partial charge in [0.25, 0.3) is 0 Å². The van der Waals surface area contributed by atoms with Gasteiger partial charge in [-0.1, -0.05) is 18.2 Å². The van der Waals surface area contributed by atoms with Gasteiger partial charge in [-0.05, 0) is 60.7 Å². The maximum absolute atomic E-state index is 12.8. The van der Waals surface area contributed by atoms with Gasteiger partial charge in [0.05, 0.1) is 10.6 Å². The highest BCUT2D eigenvalue weighted by Gasteiger charge is 2.17. The zero-order valence-corrected chi connectivity index (χ0v) is 19.0. The molecule has 0 bridgehead atoms. The Labute approximate surface area is 192 Å². The van der Waals surface area contributed by atoms with E-state index in [9.17, 15) is 13.2 Å². The average molecular weight is 459 g/mol. The lowest BCUT2D eigenvalue weighted by atomic mass is 10.1. The molecular weight excluding hydrogens is 436 g/mol. The van der Waals surface area contributed by atoms with E-state index in [4.69, 9.17) is 5.10 Å². The summed E-state index contributed by atoms with van der Waals surface area (Å²) in [5.41, 5.74) is 3.66. The summed E-state index contributed by atoms with van der Waals surface area (Å²) in [7, 11) is -0.616. The normalized spacial score (nSPS) is 11.8. The van der Waals surface area contributed by atoms with Crippen LogP contribution < -0.4 is 0 Å². The van der Waals surface area contributed by atoms with E-state index < -0.39 is 10.0 Å². The summed E-state index contributed by atoms with van der Waals surface area (Å²) >= 11 is 0. The number of hydrogen-bond acceptors (Lipinski definition) is 5. The largest absolute Gasteiger partial charge is 0.289 e. The van der Waals surface area contributed by atoms with Crippen molar-refractivity contribution in [3.8, 4) is 16.9 Å². The highest BCUT2D eigenvalue weighted by molar-refractivity contribution is 7.89. The van der Waals surface area contributed by atoms with Gasteiger partial charge in [-0.15, -0.1) is 0 Å². The minimum absolute atomic E-state index is 0.136. The lowest BCUT2D eigenvalue weighted by molar-refractivity contribution is 0.104. The molecule has 0 N–H and O–H groups in total. The molecule has 4 aromatic rings. The van der Waals surface area contributed by atoms with E-state index in [2.05, 4.69) is 4.98 Å². The van der Waals surface area contributed by atoms with E-state index in [1.54, 1.807) is 23.2 Å². The quantitative estimate of drug-likeness (QED) is 0.308. The summed E-state index contributed by atoms with van der Waals surface area (Å²) in [5.74, 6) is -0.239. The third kappa shape index (κ3) is 4.82. The van der Waals surface area contributed by atoms with Crippen molar-refractivity contribution < 1.29 is 13.2 Å². The number of rotatable bonds is 7. The van der Waals surface area contributed by atoms with Gasteiger partial charge in [0.2, 0.25) is 10.0 Å². The fourth-order valence-corrected chi connectivity index (χ4v) is 4.12. The summed E-state index contributed by atoms with van der Waals surface area (Å²) < 4.78 is 27.4. The first-order valence-electron chi connectivity index (χ1n) is 10.2. The molecule has 0 aliphatic heterocycles. The topological polar surface area (TPSA) is 85.2 Å². The van der Waals surface area contributed by atoms with Crippen LogP contribution in [0.25, 0.3) is 23.0 Å². The summed E-state index contributed by atoms with van der Waals surface area (Å²) in [4.78, 5) is 17.0. The highest BCUT2D eigenvalue weighted by atomic mass is 32.2. The van der Waals surface area contributed by atoms with Crippen molar-refractivity contribution in [2.75, 3.05) is 14.1 Å². The molecule has 0 saturated carbocycles. The zero-order chi connectivity index (χ0) is 23.4. The predicted octanol–water partition coefficient (Wildman–Crippen LogP) is 4.08. The second-order valence-corrected chi connectivity index (χ2v) is 9.61. The Bertz CT molecular complexity index is 1390. The van der Waals surface area contributed by atoms with Crippen LogP contribution in [-0.4, -0.2) is 47.4 Å². The molecular formula is C25H22N4O3S. The van der Waals surface area contributed by atoms with Crippen molar-refractivity contribution in [1.29, 1.82) is 0 Å². The van der Waals surface area contributed by atoms with Gasteiger partial charge in [0.1, 0.15) is 5.69 Å². The number of carbonyl (C=O) groups is 1. The van der Waals surface area contributed by atoms with Crippen LogP contribution in [0.15, 0.2) is 96.3 Å². The van der Waals surface area contributed by atoms with Crippen LogP contribution in [0.2, 0.25) is 0 Å². The van der Waals surface area contributed by atoms with Crippen LogP contribution in [-0.2, 0) is 10.0 Å². The molecule has 2 heterocycles. The Morgan fingerprint density at radius 3 is 2.24 bits per heavy atom. The van der Waals surface area contributed by atoms with Crippen LogP contribution in [0.4, 0.5) is 0 Å². The van der Waals surface area contributed by atoms with E-state index in [1.807, 2.05) is 48.7 Å². The van der Waals surface area contributed by atoms with Crippen LogP contribution in [0.1, 0.15) is 15.9 Å². The number of aromatic nitrogens is 3. The number of pyridine rings is 1. The molecule has 0 amide bonds. The maximum Gasteiger partial charge on any atom is 0.242 e. The summed E-state index contributed by atoms with van der Waals surface area (Å²) in [6.45, 7) is 0. The van der Waals surface area contributed by atoms with Crippen LogP contribution in [0.3, 0.4) is 0 Å². The van der Waals surface area contributed by atoms with E-state index in [-0.39, 0.29) is 10.7 Å².